The van der Waals surface area contributed by atoms with E-state index in [9.17, 15) is 4.79 Å². The van der Waals surface area contributed by atoms with Crippen LogP contribution in [-0.4, -0.2) is 29.3 Å². The zero-order valence-electron chi connectivity index (χ0n) is 13.8. The topological polar surface area (TPSA) is 64.8 Å². The summed E-state index contributed by atoms with van der Waals surface area (Å²) in [4.78, 5) is 14.8. The second-order valence-corrected chi connectivity index (χ2v) is 6.53. The van der Waals surface area contributed by atoms with Crippen LogP contribution < -0.4 is 9.47 Å². The SMILES string of the molecule is CC(C)c1cc(C2CCCN2C(=O)c2ccc3c(c2)OCO3)no1. The van der Waals surface area contributed by atoms with Gasteiger partial charge in [0.15, 0.2) is 11.5 Å². The predicted octanol–water partition coefficient (Wildman–Crippen LogP) is 3.50. The molecule has 0 aliphatic carbocycles. The molecule has 2 aromatic rings. The van der Waals surface area contributed by atoms with E-state index in [2.05, 4.69) is 19.0 Å². The summed E-state index contributed by atoms with van der Waals surface area (Å²) in [5, 5.41) is 4.19. The molecule has 0 radical (unpaired) electrons. The molecule has 0 saturated carbocycles. The molecule has 4 rings (SSSR count). The zero-order valence-corrected chi connectivity index (χ0v) is 13.8. The predicted molar refractivity (Wildman–Crippen MR) is 86.2 cm³/mol. The summed E-state index contributed by atoms with van der Waals surface area (Å²) in [5.74, 6) is 2.44. The van der Waals surface area contributed by atoms with Crippen molar-refractivity contribution in [2.24, 2.45) is 0 Å². The van der Waals surface area contributed by atoms with Crippen molar-refractivity contribution in [1.29, 1.82) is 0 Å². The molecule has 1 unspecified atom stereocenters. The molecule has 24 heavy (non-hydrogen) atoms. The van der Waals surface area contributed by atoms with Crippen molar-refractivity contribution in [3.05, 3.63) is 41.3 Å². The molecule has 6 nitrogen and oxygen atoms in total. The number of rotatable bonds is 3. The Morgan fingerprint density at radius 2 is 2.08 bits per heavy atom. The van der Waals surface area contributed by atoms with Crippen LogP contribution in [0.4, 0.5) is 0 Å². The van der Waals surface area contributed by atoms with Gasteiger partial charge in [0, 0.05) is 24.1 Å². The number of benzene rings is 1. The standard InChI is InChI=1S/C18H20N2O4/c1-11(2)16-9-13(19-24-16)14-4-3-7-20(14)18(21)12-5-6-15-17(8-12)23-10-22-15/h5-6,8-9,11,14H,3-4,7,10H2,1-2H3. The van der Waals surface area contributed by atoms with Crippen LogP contribution in [0.1, 0.15) is 60.5 Å². The molecule has 3 heterocycles. The third-order valence-corrected chi connectivity index (χ3v) is 4.59. The van der Waals surface area contributed by atoms with Crippen molar-refractivity contribution in [2.45, 2.75) is 38.6 Å². The summed E-state index contributed by atoms with van der Waals surface area (Å²) in [5.41, 5.74) is 1.45. The van der Waals surface area contributed by atoms with Crippen LogP contribution in [0.15, 0.2) is 28.8 Å². The van der Waals surface area contributed by atoms with Gasteiger partial charge in [-0.25, -0.2) is 0 Å². The molecule has 1 amide bonds. The number of amides is 1. The fraction of sp³-hybridized carbons (Fsp3) is 0.444. The highest BCUT2D eigenvalue weighted by Crippen LogP contribution is 2.36. The minimum atomic E-state index is -0.0285. The summed E-state index contributed by atoms with van der Waals surface area (Å²) >= 11 is 0. The van der Waals surface area contributed by atoms with Crippen molar-refractivity contribution in [2.75, 3.05) is 13.3 Å². The van der Waals surface area contributed by atoms with Crippen LogP contribution in [0.2, 0.25) is 0 Å². The fourth-order valence-corrected chi connectivity index (χ4v) is 3.25. The van der Waals surface area contributed by atoms with Crippen LogP contribution in [-0.2, 0) is 0 Å². The van der Waals surface area contributed by atoms with Crippen molar-refractivity contribution >= 4 is 5.91 Å². The number of fused-ring (bicyclic) bond motifs is 1. The number of carbonyl (C=O) groups is 1. The first-order valence-corrected chi connectivity index (χ1v) is 8.30. The molecule has 126 valence electrons. The maximum absolute atomic E-state index is 12.9. The Labute approximate surface area is 140 Å². The summed E-state index contributed by atoms with van der Waals surface area (Å²) < 4.78 is 16.1. The van der Waals surface area contributed by atoms with E-state index in [0.717, 1.165) is 30.8 Å². The van der Waals surface area contributed by atoms with E-state index in [4.69, 9.17) is 14.0 Å². The van der Waals surface area contributed by atoms with Gasteiger partial charge in [-0.1, -0.05) is 19.0 Å². The monoisotopic (exact) mass is 328 g/mol. The molecular formula is C18H20N2O4. The van der Waals surface area contributed by atoms with Crippen LogP contribution in [0.5, 0.6) is 11.5 Å². The van der Waals surface area contributed by atoms with Crippen LogP contribution >= 0.6 is 0 Å². The van der Waals surface area contributed by atoms with Crippen molar-refractivity contribution in [3.63, 3.8) is 0 Å². The lowest BCUT2D eigenvalue weighted by Crippen LogP contribution is -2.30. The number of hydrogen-bond donors (Lipinski definition) is 0. The van der Waals surface area contributed by atoms with E-state index in [1.807, 2.05) is 11.0 Å². The molecule has 2 aliphatic heterocycles. The maximum atomic E-state index is 12.9. The van der Waals surface area contributed by atoms with Gasteiger partial charge in [0.25, 0.3) is 5.91 Å². The van der Waals surface area contributed by atoms with Gasteiger partial charge in [0.05, 0.1) is 6.04 Å². The average molecular weight is 328 g/mol. The van der Waals surface area contributed by atoms with Crippen molar-refractivity contribution in [3.8, 4) is 11.5 Å². The first-order chi connectivity index (χ1) is 11.6. The Hall–Kier alpha value is -2.50. The Bertz CT molecular complexity index is 768. The smallest absolute Gasteiger partial charge is 0.254 e. The van der Waals surface area contributed by atoms with E-state index >= 15 is 0 Å². The largest absolute Gasteiger partial charge is 0.454 e. The van der Waals surface area contributed by atoms with E-state index in [0.29, 0.717) is 17.1 Å². The van der Waals surface area contributed by atoms with Gasteiger partial charge in [-0.05, 0) is 31.0 Å². The molecule has 1 saturated heterocycles. The highest BCUT2D eigenvalue weighted by atomic mass is 16.7. The third kappa shape index (κ3) is 2.52. The zero-order chi connectivity index (χ0) is 16.7. The summed E-state index contributed by atoms with van der Waals surface area (Å²) in [6.07, 6.45) is 1.87. The lowest BCUT2D eigenvalue weighted by molar-refractivity contribution is 0.0730. The van der Waals surface area contributed by atoms with E-state index in [1.165, 1.54) is 0 Å². The number of ether oxygens (including phenoxy) is 2. The van der Waals surface area contributed by atoms with Crippen molar-refractivity contribution < 1.29 is 18.8 Å². The van der Waals surface area contributed by atoms with Gasteiger partial charge in [0.1, 0.15) is 11.5 Å². The highest BCUT2D eigenvalue weighted by molar-refractivity contribution is 5.95. The van der Waals surface area contributed by atoms with Crippen LogP contribution in [0.3, 0.4) is 0 Å². The second-order valence-electron chi connectivity index (χ2n) is 6.53. The van der Waals surface area contributed by atoms with Gasteiger partial charge in [-0.2, -0.15) is 0 Å². The fourth-order valence-electron chi connectivity index (χ4n) is 3.25. The minimum absolute atomic E-state index is 0.00935. The van der Waals surface area contributed by atoms with E-state index < -0.39 is 0 Å². The summed E-state index contributed by atoms with van der Waals surface area (Å²) in [7, 11) is 0. The lowest BCUT2D eigenvalue weighted by atomic mass is 10.1. The molecule has 6 heteroatoms. The first-order valence-electron chi connectivity index (χ1n) is 8.30. The Kier molecular flexibility index (Phi) is 3.67. The van der Waals surface area contributed by atoms with Gasteiger partial charge in [-0.15, -0.1) is 0 Å². The average Bonchev–Trinajstić information content (AvgIpc) is 3.31. The van der Waals surface area contributed by atoms with Gasteiger partial charge < -0.3 is 18.9 Å². The number of carbonyl (C=O) groups excluding carboxylic acids is 1. The molecule has 2 aliphatic rings. The molecule has 1 aromatic heterocycles. The first kappa shape index (κ1) is 15.1. The molecule has 1 atom stereocenters. The minimum Gasteiger partial charge on any atom is -0.454 e. The Balaban J connectivity index is 1.58. The van der Waals surface area contributed by atoms with Crippen LogP contribution in [0.25, 0.3) is 0 Å². The van der Waals surface area contributed by atoms with Gasteiger partial charge in [0.2, 0.25) is 6.79 Å². The third-order valence-electron chi connectivity index (χ3n) is 4.59. The summed E-state index contributed by atoms with van der Waals surface area (Å²) in [6, 6.07) is 7.27. The van der Waals surface area contributed by atoms with Gasteiger partial charge >= 0.3 is 0 Å². The molecular weight excluding hydrogens is 308 g/mol. The second kappa shape index (κ2) is 5.85. The molecule has 0 bridgehead atoms. The summed E-state index contributed by atoms with van der Waals surface area (Å²) in [6.45, 7) is 5.06. The molecule has 0 N–H and O–H groups in total. The van der Waals surface area contributed by atoms with Crippen LogP contribution in [0, 0.1) is 0 Å². The van der Waals surface area contributed by atoms with E-state index in [-0.39, 0.29) is 24.7 Å². The van der Waals surface area contributed by atoms with Gasteiger partial charge in [-0.3, -0.25) is 4.79 Å². The normalized spacial score (nSPS) is 19.3. The van der Waals surface area contributed by atoms with E-state index in [1.54, 1.807) is 18.2 Å². The molecule has 1 aromatic carbocycles. The number of hydrogen-bond acceptors (Lipinski definition) is 5. The number of likely N-dealkylation sites (tertiary alicyclic amines) is 1. The van der Waals surface area contributed by atoms with Crippen molar-refractivity contribution in [1.82, 2.24) is 10.1 Å². The highest BCUT2D eigenvalue weighted by Gasteiger charge is 2.33. The lowest BCUT2D eigenvalue weighted by Gasteiger charge is -2.23. The molecule has 0 spiro atoms. The Morgan fingerprint density at radius 3 is 2.88 bits per heavy atom. The number of aromatic nitrogens is 1. The quantitative estimate of drug-likeness (QED) is 0.863. The number of nitrogens with zero attached hydrogens (tertiary/aromatic N) is 2. The molecule has 1 fully saturated rings. The maximum Gasteiger partial charge on any atom is 0.254 e. The Morgan fingerprint density at radius 1 is 1.25 bits per heavy atom.